The van der Waals surface area contributed by atoms with Gasteiger partial charge in [-0.3, -0.25) is 4.98 Å². The second-order valence-electron chi connectivity index (χ2n) is 6.57. The van der Waals surface area contributed by atoms with Gasteiger partial charge in [-0.05, 0) is 46.8 Å². The standard InChI is InChI=1S/C23H19NO3S/c1-28(25,26)19-9-6-7-17(15-19)20-12-13-23(22-11-3-2-10-21(20)22)27-16-18-8-4-5-14-24-18/h2-15H,16H2,1H3. The Labute approximate surface area is 164 Å². The van der Waals surface area contributed by atoms with Crippen LogP contribution in [0.1, 0.15) is 5.69 Å². The zero-order valence-corrected chi connectivity index (χ0v) is 16.2. The summed E-state index contributed by atoms with van der Waals surface area (Å²) >= 11 is 0. The van der Waals surface area contributed by atoms with Gasteiger partial charge in [-0.15, -0.1) is 0 Å². The van der Waals surface area contributed by atoms with E-state index in [1.165, 1.54) is 6.26 Å². The lowest BCUT2D eigenvalue weighted by molar-refractivity contribution is 0.305. The number of nitrogens with zero attached hydrogens (tertiary/aromatic N) is 1. The molecule has 0 spiro atoms. The number of aromatic nitrogens is 1. The average molecular weight is 389 g/mol. The molecule has 4 aromatic rings. The molecule has 1 aromatic heterocycles. The largest absolute Gasteiger partial charge is 0.487 e. The quantitative estimate of drug-likeness (QED) is 0.488. The highest BCUT2D eigenvalue weighted by Crippen LogP contribution is 2.35. The second kappa shape index (κ2) is 7.44. The van der Waals surface area contributed by atoms with Crippen molar-refractivity contribution in [1.82, 2.24) is 4.98 Å². The van der Waals surface area contributed by atoms with Gasteiger partial charge in [0.05, 0.1) is 10.6 Å². The minimum absolute atomic E-state index is 0.310. The molecule has 0 radical (unpaired) electrons. The van der Waals surface area contributed by atoms with Crippen molar-refractivity contribution in [3.63, 3.8) is 0 Å². The SMILES string of the molecule is CS(=O)(=O)c1cccc(-c2ccc(OCc3ccccn3)c3ccccc23)c1. The monoisotopic (exact) mass is 389 g/mol. The molecule has 0 saturated carbocycles. The van der Waals surface area contributed by atoms with Gasteiger partial charge in [-0.2, -0.15) is 0 Å². The van der Waals surface area contributed by atoms with Crippen molar-refractivity contribution in [1.29, 1.82) is 0 Å². The Morgan fingerprint density at radius 2 is 1.64 bits per heavy atom. The van der Waals surface area contributed by atoms with E-state index in [1.807, 2.05) is 60.7 Å². The molecule has 5 heteroatoms. The van der Waals surface area contributed by atoms with Gasteiger partial charge < -0.3 is 4.74 Å². The Morgan fingerprint density at radius 3 is 2.39 bits per heavy atom. The van der Waals surface area contributed by atoms with Crippen LogP contribution in [0.3, 0.4) is 0 Å². The fourth-order valence-corrected chi connectivity index (χ4v) is 3.85. The maximum atomic E-state index is 11.9. The predicted octanol–water partition coefficient (Wildman–Crippen LogP) is 4.88. The molecule has 140 valence electrons. The Kier molecular flexibility index (Phi) is 4.84. The van der Waals surface area contributed by atoms with Gasteiger partial charge in [0.1, 0.15) is 12.4 Å². The summed E-state index contributed by atoms with van der Waals surface area (Å²) in [4.78, 5) is 4.60. The predicted molar refractivity (Wildman–Crippen MR) is 111 cm³/mol. The molecular weight excluding hydrogens is 370 g/mol. The summed E-state index contributed by atoms with van der Waals surface area (Å²) in [5.41, 5.74) is 2.68. The third-order valence-corrected chi connectivity index (χ3v) is 5.67. The maximum Gasteiger partial charge on any atom is 0.175 e. The maximum absolute atomic E-state index is 11.9. The Hall–Kier alpha value is -3.18. The summed E-state index contributed by atoms with van der Waals surface area (Å²) < 4.78 is 29.9. The first-order chi connectivity index (χ1) is 13.5. The van der Waals surface area contributed by atoms with Crippen LogP contribution in [0.25, 0.3) is 21.9 Å². The van der Waals surface area contributed by atoms with Crippen molar-refractivity contribution in [2.75, 3.05) is 6.26 Å². The van der Waals surface area contributed by atoms with E-state index >= 15 is 0 Å². The van der Waals surface area contributed by atoms with Crippen LogP contribution in [0.5, 0.6) is 5.75 Å². The minimum Gasteiger partial charge on any atom is -0.487 e. The molecule has 0 saturated heterocycles. The smallest absolute Gasteiger partial charge is 0.175 e. The zero-order valence-electron chi connectivity index (χ0n) is 15.4. The van der Waals surface area contributed by atoms with E-state index in [-0.39, 0.29) is 0 Å². The van der Waals surface area contributed by atoms with Crippen molar-refractivity contribution in [2.24, 2.45) is 0 Å². The van der Waals surface area contributed by atoms with Crippen LogP contribution in [-0.2, 0) is 16.4 Å². The van der Waals surface area contributed by atoms with E-state index in [1.54, 1.807) is 24.4 Å². The first kappa shape index (κ1) is 18.2. The molecule has 3 aromatic carbocycles. The number of benzene rings is 3. The van der Waals surface area contributed by atoms with Crippen molar-refractivity contribution in [3.05, 3.63) is 90.8 Å². The minimum atomic E-state index is -3.27. The van der Waals surface area contributed by atoms with E-state index in [0.29, 0.717) is 11.5 Å². The molecule has 1 heterocycles. The summed E-state index contributed by atoms with van der Waals surface area (Å²) in [6.45, 7) is 0.383. The number of hydrogen-bond acceptors (Lipinski definition) is 4. The molecule has 0 aliphatic carbocycles. The Bertz CT molecular complexity index is 1240. The molecule has 0 N–H and O–H groups in total. The van der Waals surface area contributed by atoms with Gasteiger partial charge in [-0.25, -0.2) is 8.42 Å². The number of ether oxygens (including phenoxy) is 1. The van der Waals surface area contributed by atoms with Crippen LogP contribution < -0.4 is 4.74 Å². The number of sulfone groups is 1. The van der Waals surface area contributed by atoms with Crippen molar-refractivity contribution >= 4 is 20.6 Å². The van der Waals surface area contributed by atoms with Crippen LogP contribution in [0.4, 0.5) is 0 Å². The number of rotatable bonds is 5. The average Bonchev–Trinajstić information content (AvgIpc) is 2.72. The van der Waals surface area contributed by atoms with E-state index in [9.17, 15) is 8.42 Å². The van der Waals surface area contributed by atoms with Crippen LogP contribution in [-0.4, -0.2) is 19.7 Å². The molecule has 0 aliphatic rings. The molecule has 0 aliphatic heterocycles. The van der Waals surface area contributed by atoms with Gasteiger partial charge in [-0.1, -0.05) is 48.5 Å². The molecule has 28 heavy (non-hydrogen) atoms. The fourth-order valence-electron chi connectivity index (χ4n) is 3.18. The molecular formula is C23H19NO3S. The van der Waals surface area contributed by atoms with Crippen LogP contribution in [0.2, 0.25) is 0 Å². The lowest BCUT2D eigenvalue weighted by Gasteiger charge is -2.13. The van der Waals surface area contributed by atoms with Gasteiger partial charge >= 0.3 is 0 Å². The summed E-state index contributed by atoms with van der Waals surface area (Å²) in [7, 11) is -3.27. The Balaban J connectivity index is 1.76. The highest BCUT2D eigenvalue weighted by atomic mass is 32.2. The lowest BCUT2D eigenvalue weighted by atomic mass is 9.98. The van der Waals surface area contributed by atoms with Gasteiger partial charge in [0, 0.05) is 17.8 Å². The summed E-state index contributed by atoms with van der Waals surface area (Å²) in [6.07, 6.45) is 2.97. The highest BCUT2D eigenvalue weighted by molar-refractivity contribution is 7.90. The first-order valence-corrected chi connectivity index (χ1v) is 10.8. The third kappa shape index (κ3) is 3.75. The van der Waals surface area contributed by atoms with Crippen molar-refractivity contribution in [3.8, 4) is 16.9 Å². The molecule has 0 atom stereocenters. The van der Waals surface area contributed by atoms with E-state index < -0.39 is 9.84 Å². The van der Waals surface area contributed by atoms with Crippen LogP contribution in [0.15, 0.2) is 90.0 Å². The van der Waals surface area contributed by atoms with E-state index in [0.717, 1.165) is 33.3 Å². The normalized spacial score (nSPS) is 11.5. The Morgan fingerprint density at radius 1 is 0.857 bits per heavy atom. The number of hydrogen-bond donors (Lipinski definition) is 0. The van der Waals surface area contributed by atoms with Crippen LogP contribution in [0, 0.1) is 0 Å². The molecule has 0 amide bonds. The molecule has 4 rings (SSSR count). The van der Waals surface area contributed by atoms with Gasteiger partial charge in [0.15, 0.2) is 9.84 Å². The van der Waals surface area contributed by atoms with Gasteiger partial charge in [0.2, 0.25) is 0 Å². The second-order valence-corrected chi connectivity index (χ2v) is 8.58. The summed E-state index contributed by atoms with van der Waals surface area (Å²) in [6, 6.07) is 24.6. The van der Waals surface area contributed by atoms with Gasteiger partial charge in [0.25, 0.3) is 0 Å². The van der Waals surface area contributed by atoms with E-state index in [2.05, 4.69) is 4.98 Å². The molecule has 0 bridgehead atoms. The molecule has 0 unspecified atom stereocenters. The zero-order chi connectivity index (χ0) is 19.6. The third-order valence-electron chi connectivity index (χ3n) is 4.56. The highest BCUT2D eigenvalue weighted by Gasteiger charge is 2.12. The summed E-state index contributed by atoms with van der Waals surface area (Å²) in [5.74, 6) is 0.768. The van der Waals surface area contributed by atoms with Crippen LogP contribution >= 0.6 is 0 Å². The summed E-state index contributed by atoms with van der Waals surface area (Å²) in [5, 5.41) is 1.98. The van der Waals surface area contributed by atoms with Crippen molar-refractivity contribution in [2.45, 2.75) is 11.5 Å². The molecule has 0 fully saturated rings. The first-order valence-electron chi connectivity index (χ1n) is 8.87. The molecule has 4 nitrogen and oxygen atoms in total. The number of fused-ring (bicyclic) bond motifs is 1. The lowest BCUT2D eigenvalue weighted by Crippen LogP contribution is -1.99. The van der Waals surface area contributed by atoms with E-state index in [4.69, 9.17) is 4.74 Å². The topological polar surface area (TPSA) is 56.3 Å². The fraction of sp³-hybridized carbons (Fsp3) is 0.0870. The van der Waals surface area contributed by atoms with Crippen molar-refractivity contribution < 1.29 is 13.2 Å². The number of pyridine rings is 1.